The van der Waals surface area contributed by atoms with Gasteiger partial charge in [-0.25, -0.2) is 4.98 Å². The molecule has 1 aliphatic heterocycles. The van der Waals surface area contributed by atoms with E-state index in [4.69, 9.17) is 9.72 Å². The average Bonchev–Trinajstić information content (AvgIpc) is 3.01. The highest BCUT2D eigenvalue weighted by molar-refractivity contribution is 5.76. The first-order chi connectivity index (χ1) is 12.4. The van der Waals surface area contributed by atoms with E-state index in [2.05, 4.69) is 70.1 Å². The lowest BCUT2D eigenvalue weighted by molar-refractivity contribution is 0.0327. The Kier molecular flexibility index (Phi) is 4.91. The molecule has 4 nitrogen and oxygen atoms in total. The van der Waals surface area contributed by atoms with Crippen LogP contribution >= 0.6 is 0 Å². The molecule has 0 aliphatic carbocycles. The molecule has 4 heteroatoms. The van der Waals surface area contributed by atoms with Crippen molar-refractivity contribution in [1.29, 1.82) is 0 Å². The third-order valence-electron chi connectivity index (χ3n) is 4.60. The molecule has 2 heterocycles. The van der Waals surface area contributed by atoms with E-state index in [1.54, 1.807) is 0 Å². The number of rotatable bonds is 5. The summed E-state index contributed by atoms with van der Waals surface area (Å²) in [4.78, 5) is 7.30. The molecule has 0 radical (unpaired) electrons. The number of allylic oxidation sites excluding steroid dienone is 1. The molecule has 0 unspecified atom stereocenters. The van der Waals surface area contributed by atoms with Gasteiger partial charge in [0, 0.05) is 19.6 Å². The maximum Gasteiger partial charge on any atom is 0.124 e. The molecule has 2 aromatic carbocycles. The number of hydrogen-bond acceptors (Lipinski definition) is 3. The summed E-state index contributed by atoms with van der Waals surface area (Å²) in [6.45, 7) is 5.28. The molecule has 1 aromatic heterocycles. The van der Waals surface area contributed by atoms with E-state index in [-0.39, 0.29) is 0 Å². The number of imidazole rings is 1. The maximum atomic E-state index is 5.46. The Morgan fingerprint density at radius 2 is 1.72 bits per heavy atom. The number of nitrogens with zero attached hydrogens (tertiary/aromatic N) is 3. The van der Waals surface area contributed by atoms with Crippen LogP contribution in [0.5, 0.6) is 0 Å². The molecule has 0 bridgehead atoms. The van der Waals surface area contributed by atoms with Crippen LogP contribution < -0.4 is 0 Å². The van der Waals surface area contributed by atoms with E-state index in [0.29, 0.717) is 0 Å². The molecule has 0 N–H and O–H groups in total. The molecular weight excluding hydrogens is 310 g/mol. The first-order valence-corrected chi connectivity index (χ1v) is 8.86. The number of fused-ring (bicyclic) bond motifs is 1. The molecule has 3 aromatic rings. The lowest BCUT2D eigenvalue weighted by atomic mass is 10.2. The molecule has 1 fully saturated rings. The molecule has 1 aliphatic rings. The van der Waals surface area contributed by atoms with Crippen LogP contribution in [0.15, 0.2) is 60.7 Å². The van der Waals surface area contributed by atoms with Gasteiger partial charge in [0.2, 0.25) is 0 Å². The van der Waals surface area contributed by atoms with Crippen LogP contribution in [0.4, 0.5) is 0 Å². The van der Waals surface area contributed by atoms with Gasteiger partial charge in [-0.05, 0) is 17.7 Å². The number of para-hydroxylation sites is 2. The van der Waals surface area contributed by atoms with Gasteiger partial charge in [0.15, 0.2) is 0 Å². The van der Waals surface area contributed by atoms with Gasteiger partial charge in [0.1, 0.15) is 5.82 Å². The zero-order valence-corrected chi connectivity index (χ0v) is 14.3. The highest BCUT2D eigenvalue weighted by atomic mass is 16.5. The summed E-state index contributed by atoms with van der Waals surface area (Å²) in [5, 5.41) is 0. The molecule has 25 heavy (non-hydrogen) atoms. The lowest BCUT2D eigenvalue weighted by Gasteiger charge is -2.26. The van der Waals surface area contributed by atoms with Crippen molar-refractivity contribution < 1.29 is 4.74 Å². The Labute approximate surface area is 148 Å². The van der Waals surface area contributed by atoms with E-state index in [1.165, 1.54) is 11.1 Å². The van der Waals surface area contributed by atoms with E-state index >= 15 is 0 Å². The van der Waals surface area contributed by atoms with Gasteiger partial charge in [0.05, 0.1) is 30.8 Å². The monoisotopic (exact) mass is 333 g/mol. The molecular formula is C21H23N3O. The first kappa shape index (κ1) is 16.1. The van der Waals surface area contributed by atoms with Crippen molar-refractivity contribution in [3.63, 3.8) is 0 Å². The highest BCUT2D eigenvalue weighted by Crippen LogP contribution is 2.18. The van der Waals surface area contributed by atoms with Gasteiger partial charge >= 0.3 is 0 Å². The van der Waals surface area contributed by atoms with Crippen molar-refractivity contribution in [1.82, 2.24) is 14.5 Å². The van der Waals surface area contributed by atoms with Crippen molar-refractivity contribution in [2.45, 2.75) is 13.1 Å². The number of aromatic nitrogens is 2. The summed E-state index contributed by atoms with van der Waals surface area (Å²) >= 11 is 0. The summed E-state index contributed by atoms with van der Waals surface area (Å²) in [6, 6.07) is 18.8. The molecule has 0 spiro atoms. The van der Waals surface area contributed by atoms with Crippen molar-refractivity contribution >= 4 is 17.1 Å². The van der Waals surface area contributed by atoms with Gasteiger partial charge in [-0.15, -0.1) is 0 Å². The summed E-state index contributed by atoms with van der Waals surface area (Å²) < 4.78 is 7.78. The molecule has 0 saturated carbocycles. The molecule has 0 amide bonds. The second-order valence-electron chi connectivity index (χ2n) is 6.33. The number of hydrogen-bond donors (Lipinski definition) is 0. The topological polar surface area (TPSA) is 30.3 Å². The van der Waals surface area contributed by atoms with Gasteiger partial charge in [-0.1, -0.05) is 54.6 Å². The van der Waals surface area contributed by atoms with Crippen LogP contribution in [0, 0.1) is 0 Å². The Balaban J connectivity index is 1.58. The predicted molar refractivity (Wildman–Crippen MR) is 101 cm³/mol. The largest absolute Gasteiger partial charge is 0.379 e. The van der Waals surface area contributed by atoms with Crippen molar-refractivity contribution in [2.75, 3.05) is 26.3 Å². The minimum absolute atomic E-state index is 0.814. The van der Waals surface area contributed by atoms with Crippen molar-refractivity contribution in [3.05, 3.63) is 72.1 Å². The minimum atomic E-state index is 0.814. The fraction of sp³-hybridized carbons (Fsp3) is 0.286. The van der Waals surface area contributed by atoms with Crippen LogP contribution in [0.1, 0.15) is 11.4 Å². The van der Waals surface area contributed by atoms with Crippen molar-refractivity contribution in [2.24, 2.45) is 0 Å². The smallest absolute Gasteiger partial charge is 0.124 e. The minimum Gasteiger partial charge on any atom is -0.379 e. The summed E-state index contributed by atoms with van der Waals surface area (Å²) in [6.07, 6.45) is 4.39. The van der Waals surface area contributed by atoms with Crippen molar-refractivity contribution in [3.8, 4) is 0 Å². The first-order valence-electron chi connectivity index (χ1n) is 8.86. The van der Waals surface area contributed by atoms with Crippen LogP contribution in [0.25, 0.3) is 17.1 Å². The third kappa shape index (κ3) is 3.81. The molecule has 4 rings (SSSR count). The average molecular weight is 333 g/mol. The van der Waals surface area contributed by atoms with Crippen LogP contribution in [0.2, 0.25) is 0 Å². The van der Waals surface area contributed by atoms with E-state index < -0.39 is 0 Å². The Morgan fingerprint density at radius 1 is 0.960 bits per heavy atom. The highest BCUT2D eigenvalue weighted by Gasteiger charge is 2.15. The maximum absolute atomic E-state index is 5.46. The SMILES string of the molecule is C(=Cc1ccccc1)Cn1c(CN2CCOCC2)nc2ccccc21. The Bertz CT molecular complexity index is 848. The van der Waals surface area contributed by atoms with Crippen LogP contribution in [0.3, 0.4) is 0 Å². The fourth-order valence-electron chi connectivity index (χ4n) is 3.27. The quantitative estimate of drug-likeness (QED) is 0.715. The molecule has 0 atom stereocenters. The number of ether oxygens (including phenoxy) is 1. The second-order valence-corrected chi connectivity index (χ2v) is 6.33. The zero-order chi connectivity index (χ0) is 16.9. The summed E-state index contributed by atoms with van der Waals surface area (Å²) in [5.74, 6) is 1.13. The zero-order valence-electron chi connectivity index (χ0n) is 14.3. The lowest BCUT2D eigenvalue weighted by Crippen LogP contribution is -2.36. The van der Waals surface area contributed by atoms with Gasteiger partial charge in [-0.3, -0.25) is 4.90 Å². The van der Waals surface area contributed by atoms with Gasteiger partial charge in [0.25, 0.3) is 0 Å². The summed E-state index contributed by atoms with van der Waals surface area (Å²) in [7, 11) is 0. The third-order valence-corrected chi connectivity index (χ3v) is 4.60. The van der Waals surface area contributed by atoms with E-state index in [9.17, 15) is 0 Å². The normalized spacial score (nSPS) is 16.0. The number of morpholine rings is 1. The number of benzene rings is 2. The molecule has 1 saturated heterocycles. The molecule has 128 valence electrons. The van der Waals surface area contributed by atoms with E-state index in [0.717, 1.165) is 50.7 Å². The second kappa shape index (κ2) is 7.64. The Hall–Kier alpha value is -2.43. The van der Waals surface area contributed by atoms with Gasteiger partial charge < -0.3 is 9.30 Å². The van der Waals surface area contributed by atoms with Crippen LogP contribution in [-0.2, 0) is 17.8 Å². The van der Waals surface area contributed by atoms with Crippen LogP contribution in [-0.4, -0.2) is 40.8 Å². The van der Waals surface area contributed by atoms with E-state index in [1.807, 2.05) is 6.07 Å². The predicted octanol–water partition coefficient (Wildman–Crippen LogP) is 3.58. The Morgan fingerprint density at radius 3 is 2.56 bits per heavy atom. The fourth-order valence-corrected chi connectivity index (χ4v) is 3.27. The summed E-state index contributed by atoms with van der Waals surface area (Å²) in [5.41, 5.74) is 3.49. The van der Waals surface area contributed by atoms with Gasteiger partial charge in [-0.2, -0.15) is 0 Å². The standard InChI is InChI=1S/C21H23N3O/c1-2-7-18(8-3-1)9-6-12-24-20-11-5-4-10-19(20)22-21(24)17-23-13-15-25-16-14-23/h1-11H,12-17H2.